The molecule has 48 valence electrons. The number of rotatable bonds is 1. The molecule has 3 nitrogen and oxygen atoms in total. The van der Waals surface area contributed by atoms with E-state index in [0.717, 1.165) is 0 Å². The van der Waals surface area contributed by atoms with Crippen LogP contribution in [0, 0.1) is 4.91 Å². The van der Waals surface area contributed by atoms with Crippen molar-refractivity contribution in [3.05, 3.63) is 21.6 Å². The largest absolute Gasteiger partial charge is 0.255 e. The Balaban J connectivity index is 3.19. The zero-order valence-electron chi connectivity index (χ0n) is 4.91. The van der Waals surface area contributed by atoms with E-state index < -0.39 is 0 Å². The Morgan fingerprint density at radius 3 is 2.80 bits per heavy atom. The van der Waals surface area contributed by atoms with E-state index in [1.807, 2.05) is 0 Å². The Kier molecular flexibility index (Phi) is 2.16. The van der Waals surface area contributed by atoms with E-state index in [-0.39, 0.29) is 11.3 Å². The lowest BCUT2D eigenvalue weighted by atomic mass is 10.0. The lowest BCUT2D eigenvalue weighted by Gasteiger charge is -1.94. The topological polar surface area (TPSA) is 42.3 Å². The number of pyridine rings is 1. The van der Waals surface area contributed by atoms with E-state index in [0.29, 0.717) is 4.60 Å². The molecule has 0 aliphatic rings. The van der Waals surface area contributed by atoms with Crippen molar-refractivity contribution in [2.45, 2.75) is 0 Å². The summed E-state index contributed by atoms with van der Waals surface area (Å²) in [7, 11) is 5.30. The van der Waals surface area contributed by atoms with E-state index in [2.05, 4.69) is 26.1 Å². The summed E-state index contributed by atoms with van der Waals surface area (Å²) >= 11 is 3.09. The van der Waals surface area contributed by atoms with Crippen molar-refractivity contribution in [1.29, 1.82) is 0 Å². The van der Waals surface area contributed by atoms with Crippen LogP contribution < -0.4 is 5.59 Å². The molecule has 0 N–H and O–H groups in total. The minimum atomic E-state index is 0.143. The van der Waals surface area contributed by atoms with Crippen molar-refractivity contribution in [3.8, 4) is 0 Å². The van der Waals surface area contributed by atoms with E-state index in [1.54, 1.807) is 6.07 Å². The predicted molar refractivity (Wildman–Crippen MR) is 42.8 cm³/mol. The fraction of sp³-hybridized carbons (Fsp3) is 0. The van der Waals surface area contributed by atoms with Crippen LogP contribution >= 0.6 is 15.9 Å². The van der Waals surface area contributed by atoms with Gasteiger partial charge in [0.1, 0.15) is 18.1 Å². The zero-order chi connectivity index (χ0) is 7.56. The molecule has 1 aromatic heterocycles. The van der Waals surface area contributed by atoms with Crippen molar-refractivity contribution < 1.29 is 0 Å². The summed E-state index contributed by atoms with van der Waals surface area (Å²) in [4.78, 5) is 13.7. The van der Waals surface area contributed by atoms with Gasteiger partial charge < -0.3 is 0 Å². The van der Waals surface area contributed by atoms with Crippen LogP contribution in [-0.4, -0.2) is 12.8 Å². The molecule has 0 saturated heterocycles. The first-order valence-corrected chi connectivity index (χ1v) is 3.28. The summed E-state index contributed by atoms with van der Waals surface area (Å²) in [6, 6.07) is 3.10. The van der Waals surface area contributed by atoms with Crippen molar-refractivity contribution in [1.82, 2.24) is 4.98 Å². The highest BCUT2D eigenvalue weighted by molar-refractivity contribution is 9.10. The molecule has 1 rings (SSSR count). The lowest BCUT2D eigenvalue weighted by molar-refractivity contribution is 1.31. The molecule has 2 radical (unpaired) electrons. The molecule has 0 fully saturated rings. The second-order valence-corrected chi connectivity index (χ2v) is 2.44. The molecule has 0 unspecified atom stereocenters. The van der Waals surface area contributed by atoms with Crippen LogP contribution in [-0.2, 0) is 0 Å². The van der Waals surface area contributed by atoms with Gasteiger partial charge in [-0.3, -0.25) is 4.98 Å². The minimum Gasteiger partial charge on any atom is -0.255 e. The summed E-state index contributed by atoms with van der Waals surface area (Å²) in [5.74, 6) is 0. The molecule has 0 aliphatic heterocycles. The van der Waals surface area contributed by atoms with Crippen LogP contribution in [0.4, 0.5) is 5.69 Å². The van der Waals surface area contributed by atoms with Gasteiger partial charge in [0.25, 0.3) is 0 Å². The number of nitroso groups, excluding NO2 is 1. The average molecular weight is 197 g/mol. The fourth-order valence-corrected chi connectivity index (χ4v) is 0.843. The first-order valence-electron chi connectivity index (χ1n) is 2.49. The van der Waals surface area contributed by atoms with E-state index >= 15 is 0 Å². The molecule has 0 saturated carbocycles. The highest BCUT2D eigenvalue weighted by atomic mass is 79.9. The molecular formula is C5H2BBrN2O. The van der Waals surface area contributed by atoms with Crippen molar-refractivity contribution in [2.75, 3.05) is 0 Å². The average Bonchev–Trinajstić information content (AvgIpc) is 1.88. The molecule has 1 aromatic rings. The molecule has 10 heavy (non-hydrogen) atoms. The van der Waals surface area contributed by atoms with Crippen LogP contribution in [0.1, 0.15) is 0 Å². The van der Waals surface area contributed by atoms with Crippen molar-refractivity contribution in [3.63, 3.8) is 0 Å². The molecule has 5 heteroatoms. The summed E-state index contributed by atoms with van der Waals surface area (Å²) in [6.07, 6.45) is 0. The Hall–Kier alpha value is -0.705. The number of halogens is 1. The van der Waals surface area contributed by atoms with Crippen molar-refractivity contribution in [2.24, 2.45) is 5.18 Å². The smallest absolute Gasteiger partial charge is 0.145 e. The Morgan fingerprint density at radius 2 is 2.30 bits per heavy atom. The summed E-state index contributed by atoms with van der Waals surface area (Å²) in [5, 5.41) is 2.65. The first-order chi connectivity index (χ1) is 4.74. The minimum absolute atomic E-state index is 0.143. The molecule has 0 amide bonds. The monoisotopic (exact) mass is 196 g/mol. The lowest BCUT2D eigenvalue weighted by Crippen LogP contribution is -2.07. The highest BCUT2D eigenvalue weighted by Gasteiger charge is 1.97. The van der Waals surface area contributed by atoms with E-state index in [4.69, 9.17) is 7.85 Å². The van der Waals surface area contributed by atoms with Crippen LogP contribution in [0.15, 0.2) is 21.9 Å². The molecule has 0 aromatic carbocycles. The normalized spacial score (nSPS) is 9.30. The maximum Gasteiger partial charge on any atom is 0.145 e. The predicted octanol–water partition coefficient (Wildman–Crippen LogP) is 1.04. The number of hydrogen-bond donors (Lipinski definition) is 0. The van der Waals surface area contributed by atoms with Gasteiger partial charge in [0.15, 0.2) is 0 Å². The van der Waals surface area contributed by atoms with Crippen LogP contribution in [0.5, 0.6) is 0 Å². The molecule has 0 spiro atoms. The molecular weight excluding hydrogens is 195 g/mol. The van der Waals surface area contributed by atoms with Crippen LogP contribution in [0.2, 0.25) is 0 Å². The second-order valence-electron chi connectivity index (χ2n) is 1.63. The standard InChI is InChI=1S/C5H2BBrN2O/c6-5-3(9-10)1-2-4(7)8-5/h1-2H. The Labute approximate surface area is 67.4 Å². The van der Waals surface area contributed by atoms with Gasteiger partial charge >= 0.3 is 0 Å². The maximum absolute atomic E-state index is 9.95. The second kappa shape index (κ2) is 2.92. The van der Waals surface area contributed by atoms with Gasteiger partial charge in [-0.05, 0) is 33.2 Å². The van der Waals surface area contributed by atoms with Gasteiger partial charge in [-0.25, -0.2) is 0 Å². The van der Waals surface area contributed by atoms with Crippen molar-refractivity contribution >= 4 is 35.1 Å². The zero-order valence-corrected chi connectivity index (χ0v) is 6.50. The number of hydrogen-bond acceptors (Lipinski definition) is 3. The van der Waals surface area contributed by atoms with Gasteiger partial charge in [-0.2, -0.15) is 0 Å². The van der Waals surface area contributed by atoms with Gasteiger partial charge in [0, 0.05) is 5.59 Å². The molecule has 0 aliphatic carbocycles. The molecule has 1 heterocycles. The van der Waals surface area contributed by atoms with Gasteiger partial charge in [0.05, 0.1) is 0 Å². The van der Waals surface area contributed by atoms with E-state index in [1.165, 1.54) is 6.07 Å². The number of nitrogens with zero attached hydrogens (tertiary/aromatic N) is 2. The maximum atomic E-state index is 9.95. The van der Waals surface area contributed by atoms with E-state index in [9.17, 15) is 4.91 Å². The Morgan fingerprint density at radius 1 is 1.60 bits per heavy atom. The number of aromatic nitrogens is 1. The quantitative estimate of drug-likeness (QED) is 0.383. The van der Waals surface area contributed by atoms with Crippen LogP contribution in [0.25, 0.3) is 0 Å². The Bertz CT molecular complexity index is 266. The van der Waals surface area contributed by atoms with Gasteiger partial charge in [0.2, 0.25) is 0 Å². The third-order valence-electron chi connectivity index (χ3n) is 0.967. The highest BCUT2D eigenvalue weighted by Crippen LogP contribution is 2.09. The third kappa shape index (κ3) is 1.41. The molecule has 0 bridgehead atoms. The summed E-state index contributed by atoms with van der Waals surface area (Å²) < 4.78 is 0.595. The third-order valence-corrected chi connectivity index (χ3v) is 1.41. The SMILES string of the molecule is [B]c1nc(Br)ccc1N=O. The van der Waals surface area contributed by atoms with Gasteiger partial charge in [-0.15, -0.1) is 4.91 Å². The summed E-state index contributed by atoms with van der Waals surface area (Å²) in [6.45, 7) is 0. The molecule has 0 atom stereocenters. The van der Waals surface area contributed by atoms with Gasteiger partial charge in [-0.1, -0.05) is 0 Å². The van der Waals surface area contributed by atoms with Crippen LogP contribution in [0.3, 0.4) is 0 Å². The fourth-order valence-electron chi connectivity index (χ4n) is 0.520. The first kappa shape index (κ1) is 7.40. The summed E-state index contributed by atoms with van der Waals surface area (Å²) in [5.41, 5.74) is 0.313.